The molecule has 0 saturated carbocycles. The summed E-state index contributed by atoms with van der Waals surface area (Å²) in [5, 5.41) is 8.92. The molecule has 1 aromatic rings. The molecule has 0 aliphatic carbocycles. The van der Waals surface area contributed by atoms with Crippen LogP contribution < -0.4 is 5.32 Å². The van der Waals surface area contributed by atoms with Crippen LogP contribution in [0.25, 0.3) is 0 Å². The number of likely N-dealkylation sites (tertiary alicyclic amines) is 1. The van der Waals surface area contributed by atoms with Gasteiger partial charge in [0.25, 0.3) is 0 Å². The second-order valence-electron chi connectivity index (χ2n) is 6.21. The number of halogens is 1. The van der Waals surface area contributed by atoms with Gasteiger partial charge in [0.15, 0.2) is 0 Å². The highest BCUT2D eigenvalue weighted by Gasteiger charge is 2.32. The Labute approximate surface area is 126 Å². The van der Waals surface area contributed by atoms with Crippen LogP contribution >= 0.6 is 11.6 Å². The standard InChI is InChI=1S/C15H25ClN4/c1-11-12(15(16)19(2)18-11)10-20-9-4-3-7-14(20)13-6-5-8-17-13/h13-14,17H,3-10H2,1-2H3. The van der Waals surface area contributed by atoms with Crippen LogP contribution in [0.15, 0.2) is 0 Å². The van der Waals surface area contributed by atoms with Crippen molar-refractivity contribution in [2.45, 2.75) is 57.7 Å². The minimum Gasteiger partial charge on any atom is -0.312 e. The molecule has 0 spiro atoms. The molecule has 2 saturated heterocycles. The van der Waals surface area contributed by atoms with Gasteiger partial charge in [-0.3, -0.25) is 9.58 Å². The summed E-state index contributed by atoms with van der Waals surface area (Å²) >= 11 is 6.40. The highest BCUT2D eigenvalue weighted by atomic mass is 35.5. The maximum absolute atomic E-state index is 6.40. The Morgan fingerprint density at radius 1 is 1.30 bits per heavy atom. The molecule has 3 rings (SSSR count). The summed E-state index contributed by atoms with van der Waals surface area (Å²) in [6.07, 6.45) is 6.62. The molecule has 4 nitrogen and oxygen atoms in total. The van der Waals surface area contributed by atoms with Crippen molar-refractivity contribution in [2.24, 2.45) is 7.05 Å². The fourth-order valence-corrected chi connectivity index (χ4v) is 4.00. The minimum atomic E-state index is 0.668. The molecule has 2 aliphatic rings. The minimum absolute atomic E-state index is 0.668. The van der Waals surface area contributed by atoms with Crippen LogP contribution in [0.2, 0.25) is 5.15 Å². The number of aryl methyl sites for hydroxylation is 2. The van der Waals surface area contributed by atoms with E-state index >= 15 is 0 Å². The lowest BCUT2D eigenvalue weighted by atomic mass is 9.94. The van der Waals surface area contributed by atoms with E-state index in [0.29, 0.717) is 12.1 Å². The van der Waals surface area contributed by atoms with Crippen molar-refractivity contribution in [3.05, 3.63) is 16.4 Å². The number of nitrogens with one attached hydrogen (secondary N) is 1. The molecule has 20 heavy (non-hydrogen) atoms. The van der Waals surface area contributed by atoms with Gasteiger partial charge in [-0.15, -0.1) is 0 Å². The summed E-state index contributed by atoms with van der Waals surface area (Å²) in [6.45, 7) is 5.38. The number of nitrogens with zero attached hydrogens (tertiary/aromatic N) is 3. The van der Waals surface area contributed by atoms with Crippen molar-refractivity contribution in [3.63, 3.8) is 0 Å². The molecule has 1 aromatic heterocycles. The van der Waals surface area contributed by atoms with Crippen molar-refractivity contribution in [1.82, 2.24) is 20.0 Å². The third kappa shape index (κ3) is 2.74. The zero-order valence-corrected chi connectivity index (χ0v) is 13.3. The molecule has 1 N–H and O–H groups in total. The van der Waals surface area contributed by atoms with Gasteiger partial charge in [-0.1, -0.05) is 18.0 Å². The molecule has 2 fully saturated rings. The Balaban J connectivity index is 1.76. The quantitative estimate of drug-likeness (QED) is 0.930. The summed E-state index contributed by atoms with van der Waals surface area (Å²) in [4.78, 5) is 2.63. The average molecular weight is 297 g/mol. The molecule has 0 amide bonds. The molecular weight excluding hydrogens is 272 g/mol. The molecular formula is C15H25ClN4. The summed E-state index contributed by atoms with van der Waals surface area (Å²) in [5.41, 5.74) is 2.28. The molecule has 0 bridgehead atoms. The Morgan fingerprint density at radius 3 is 2.80 bits per heavy atom. The molecule has 2 atom stereocenters. The van der Waals surface area contributed by atoms with Gasteiger partial charge in [0.2, 0.25) is 0 Å². The fraction of sp³-hybridized carbons (Fsp3) is 0.800. The van der Waals surface area contributed by atoms with Crippen LogP contribution in [0.4, 0.5) is 0 Å². The smallest absolute Gasteiger partial charge is 0.131 e. The monoisotopic (exact) mass is 296 g/mol. The van der Waals surface area contributed by atoms with Crippen LogP contribution in [0.5, 0.6) is 0 Å². The Bertz CT molecular complexity index is 465. The summed E-state index contributed by atoms with van der Waals surface area (Å²) < 4.78 is 1.79. The second-order valence-corrected chi connectivity index (χ2v) is 6.57. The van der Waals surface area contributed by atoms with Crippen molar-refractivity contribution in [3.8, 4) is 0 Å². The third-order valence-electron chi connectivity index (χ3n) is 4.86. The van der Waals surface area contributed by atoms with Crippen LogP contribution in [-0.4, -0.2) is 39.9 Å². The van der Waals surface area contributed by atoms with E-state index in [0.717, 1.165) is 17.4 Å². The largest absolute Gasteiger partial charge is 0.312 e. The van der Waals surface area contributed by atoms with Gasteiger partial charge in [-0.2, -0.15) is 5.10 Å². The lowest BCUT2D eigenvalue weighted by molar-refractivity contribution is 0.112. The molecule has 5 heteroatoms. The van der Waals surface area contributed by atoms with Crippen LogP contribution in [0.3, 0.4) is 0 Å². The molecule has 112 valence electrons. The lowest BCUT2D eigenvalue weighted by Crippen LogP contribution is -2.49. The van der Waals surface area contributed by atoms with Crippen LogP contribution in [0.1, 0.15) is 43.4 Å². The first-order chi connectivity index (χ1) is 9.66. The van der Waals surface area contributed by atoms with Gasteiger partial charge in [-0.25, -0.2) is 0 Å². The van der Waals surface area contributed by atoms with Crippen molar-refractivity contribution < 1.29 is 0 Å². The lowest BCUT2D eigenvalue weighted by Gasteiger charge is -2.39. The SMILES string of the molecule is Cc1nn(C)c(Cl)c1CN1CCCCC1C1CCCN1. The second kappa shape index (κ2) is 6.04. The first-order valence-electron chi connectivity index (χ1n) is 7.82. The number of aromatic nitrogens is 2. The molecule has 3 heterocycles. The van der Waals surface area contributed by atoms with Gasteiger partial charge in [0, 0.05) is 31.2 Å². The Hall–Kier alpha value is -0.580. The van der Waals surface area contributed by atoms with Gasteiger partial charge in [0.05, 0.1) is 5.69 Å². The number of hydrogen-bond acceptors (Lipinski definition) is 3. The zero-order valence-electron chi connectivity index (χ0n) is 12.5. The normalized spacial score (nSPS) is 28.1. The average Bonchev–Trinajstić information content (AvgIpc) is 3.04. The van der Waals surface area contributed by atoms with Crippen LogP contribution in [0, 0.1) is 6.92 Å². The van der Waals surface area contributed by atoms with Crippen molar-refractivity contribution in [2.75, 3.05) is 13.1 Å². The summed E-state index contributed by atoms with van der Waals surface area (Å²) in [7, 11) is 1.92. The zero-order chi connectivity index (χ0) is 14.1. The van der Waals surface area contributed by atoms with Crippen LogP contribution in [-0.2, 0) is 13.6 Å². The molecule has 2 unspecified atom stereocenters. The first-order valence-corrected chi connectivity index (χ1v) is 8.20. The maximum Gasteiger partial charge on any atom is 0.131 e. The van der Waals surface area contributed by atoms with Gasteiger partial charge in [0.1, 0.15) is 5.15 Å². The predicted octanol–water partition coefficient (Wildman–Crippen LogP) is 2.49. The van der Waals surface area contributed by atoms with Gasteiger partial charge < -0.3 is 5.32 Å². The van der Waals surface area contributed by atoms with E-state index in [1.165, 1.54) is 50.8 Å². The van der Waals surface area contributed by atoms with E-state index in [-0.39, 0.29) is 0 Å². The highest BCUT2D eigenvalue weighted by molar-refractivity contribution is 6.30. The van der Waals surface area contributed by atoms with E-state index in [2.05, 4.69) is 22.2 Å². The highest BCUT2D eigenvalue weighted by Crippen LogP contribution is 2.28. The number of hydrogen-bond donors (Lipinski definition) is 1. The number of rotatable bonds is 3. The predicted molar refractivity (Wildman–Crippen MR) is 82.0 cm³/mol. The van der Waals surface area contributed by atoms with Crippen molar-refractivity contribution >= 4 is 11.6 Å². The Morgan fingerprint density at radius 2 is 2.15 bits per heavy atom. The van der Waals surface area contributed by atoms with Crippen molar-refractivity contribution in [1.29, 1.82) is 0 Å². The fourth-order valence-electron chi connectivity index (χ4n) is 3.77. The molecule has 2 aliphatic heterocycles. The third-order valence-corrected chi connectivity index (χ3v) is 5.33. The maximum atomic E-state index is 6.40. The first kappa shape index (κ1) is 14.4. The van der Waals surface area contributed by atoms with E-state index in [1.807, 2.05) is 7.05 Å². The Kier molecular flexibility index (Phi) is 4.34. The topological polar surface area (TPSA) is 33.1 Å². The van der Waals surface area contributed by atoms with E-state index in [4.69, 9.17) is 11.6 Å². The van der Waals surface area contributed by atoms with E-state index < -0.39 is 0 Å². The van der Waals surface area contributed by atoms with Gasteiger partial charge in [-0.05, 0) is 45.7 Å². The molecule has 0 radical (unpaired) electrons. The van der Waals surface area contributed by atoms with E-state index in [9.17, 15) is 0 Å². The molecule has 0 aromatic carbocycles. The summed E-state index contributed by atoms with van der Waals surface area (Å²) in [6, 6.07) is 1.34. The number of piperidine rings is 1. The summed E-state index contributed by atoms with van der Waals surface area (Å²) in [5.74, 6) is 0. The van der Waals surface area contributed by atoms with E-state index in [1.54, 1.807) is 4.68 Å². The van der Waals surface area contributed by atoms with Gasteiger partial charge >= 0.3 is 0 Å².